The van der Waals surface area contributed by atoms with Gasteiger partial charge in [-0.1, -0.05) is 36.4 Å². The minimum atomic E-state index is 0.181. The molecule has 1 aliphatic heterocycles. The number of benzene rings is 2. The SMILES string of the molecule is Nc1nnc(-c2ccccc2O)cc1-c1ccc(C2CCN(C3CCC(N)CC3)CC2)cc1. The Hall–Kier alpha value is -2.96. The first-order valence-corrected chi connectivity index (χ1v) is 12.1. The quantitative estimate of drug-likeness (QED) is 0.547. The van der Waals surface area contributed by atoms with Gasteiger partial charge in [0.25, 0.3) is 0 Å². The molecule has 5 N–H and O–H groups in total. The molecule has 2 aromatic carbocycles. The molecule has 1 aromatic heterocycles. The van der Waals surface area contributed by atoms with Crippen molar-refractivity contribution in [2.45, 2.75) is 56.5 Å². The van der Waals surface area contributed by atoms with Crippen LogP contribution in [-0.4, -0.2) is 45.4 Å². The number of nitrogen functional groups attached to an aromatic ring is 1. The standard InChI is InChI=1S/C27H33N5O/c28-21-9-11-22(12-10-21)32-15-13-19(14-16-32)18-5-7-20(8-6-18)24-17-25(30-31-27(24)29)23-3-1-2-4-26(23)33/h1-8,17,19,21-22,33H,9-16,28H2,(H2,29,31). The van der Waals surface area contributed by atoms with Crippen molar-refractivity contribution in [3.8, 4) is 28.1 Å². The molecule has 1 saturated carbocycles. The molecule has 3 aromatic rings. The van der Waals surface area contributed by atoms with E-state index in [4.69, 9.17) is 11.5 Å². The third-order valence-corrected chi connectivity index (χ3v) is 7.48. The fraction of sp³-hybridized carbons (Fsp3) is 0.407. The van der Waals surface area contributed by atoms with Gasteiger partial charge in [0.15, 0.2) is 5.82 Å². The van der Waals surface area contributed by atoms with E-state index in [2.05, 4.69) is 39.4 Å². The molecule has 2 heterocycles. The highest BCUT2D eigenvalue weighted by atomic mass is 16.3. The summed E-state index contributed by atoms with van der Waals surface area (Å²) in [6, 6.07) is 18.9. The number of likely N-dealkylation sites (tertiary alicyclic amines) is 1. The van der Waals surface area contributed by atoms with Gasteiger partial charge in [-0.2, -0.15) is 0 Å². The highest BCUT2D eigenvalue weighted by molar-refractivity contribution is 5.79. The number of phenols is 1. The maximum absolute atomic E-state index is 10.2. The Labute approximate surface area is 195 Å². The predicted molar refractivity (Wildman–Crippen MR) is 133 cm³/mol. The van der Waals surface area contributed by atoms with E-state index >= 15 is 0 Å². The Bertz CT molecular complexity index is 1080. The Morgan fingerprint density at radius 2 is 1.52 bits per heavy atom. The van der Waals surface area contributed by atoms with Crippen LogP contribution >= 0.6 is 0 Å². The Morgan fingerprint density at radius 1 is 0.818 bits per heavy atom. The van der Waals surface area contributed by atoms with Gasteiger partial charge in [0, 0.05) is 23.2 Å². The monoisotopic (exact) mass is 443 g/mol. The number of piperidine rings is 1. The first-order valence-electron chi connectivity index (χ1n) is 12.1. The van der Waals surface area contributed by atoms with Crippen molar-refractivity contribution in [2.75, 3.05) is 18.8 Å². The summed E-state index contributed by atoms with van der Waals surface area (Å²) in [4.78, 5) is 2.70. The number of aromatic nitrogens is 2. The lowest BCUT2D eigenvalue weighted by atomic mass is 9.85. The van der Waals surface area contributed by atoms with Crippen LogP contribution in [0.3, 0.4) is 0 Å². The second-order valence-corrected chi connectivity index (χ2v) is 9.55. The van der Waals surface area contributed by atoms with Crippen molar-refractivity contribution in [2.24, 2.45) is 5.73 Å². The van der Waals surface area contributed by atoms with E-state index in [0.29, 0.717) is 29.0 Å². The van der Waals surface area contributed by atoms with E-state index in [0.717, 1.165) is 17.2 Å². The molecule has 1 aliphatic carbocycles. The minimum Gasteiger partial charge on any atom is -0.507 e. The van der Waals surface area contributed by atoms with Crippen LogP contribution in [0.4, 0.5) is 5.82 Å². The second kappa shape index (κ2) is 9.49. The van der Waals surface area contributed by atoms with Gasteiger partial charge in [0.2, 0.25) is 0 Å². The summed E-state index contributed by atoms with van der Waals surface area (Å²) >= 11 is 0. The summed E-state index contributed by atoms with van der Waals surface area (Å²) in [5, 5.41) is 18.5. The van der Waals surface area contributed by atoms with Crippen molar-refractivity contribution in [3.63, 3.8) is 0 Å². The lowest BCUT2D eigenvalue weighted by Gasteiger charge is -2.40. The lowest BCUT2D eigenvalue weighted by Crippen LogP contribution is -2.44. The van der Waals surface area contributed by atoms with Crippen LogP contribution in [0.5, 0.6) is 5.75 Å². The second-order valence-electron chi connectivity index (χ2n) is 9.55. The largest absolute Gasteiger partial charge is 0.507 e. The van der Waals surface area contributed by atoms with Crippen molar-refractivity contribution < 1.29 is 5.11 Å². The van der Waals surface area contributed by atoms with Gasteiger partial charge in [-0.3, -0.25) is 0 Å². The maximum atomic E-state index is 10.2. The van der Waals surface area contributed by atoms with Gasteiger partial charge >= 0.3 is 0 Å². The Balaban J connectivity index is 1.28. The van der Waals surface area contributed by atoms with Crippen molar-refractivity contribution in [1.29, 1.82) is 0 Å². The molecule has 2 aliphatic rings. The molecule has 0 unspecified atom stereocenters. The maximum Gasteiger partial charge on any atom is 0.154 e. The van der Waals surface area contributed by atoms with E-state index in [1.165, 1.54) is 57.2 Å². The predicted octanol–water partition coefficient (Wildman–Crippen LogP) is 4.55. The summed E-state index contributed by atoms with van der Waals surface area (Å²) in [6.07, 6.45) is 7.27. The summed E-state index contributed by atoms with van der Waals surface area (Å²) in [6.45, 7) is 2.36. The number of nitrogens with two attached hydrogens (primary N) is 2. The van der Waals surface area contributed by atoms with Crippen LogP contribution < -0.4 is 11.5 Å². The van der Waals surface area contributed by atoms with Crippen molar-refractivity contribution >= 4 is 5.82 Å². The van der Waals surface area contributed by atoms with E-state index in [-0.39, 0.29) is 5.75 Å². The van der Waals surface area contributed by atoms with Crippen molar-refractivity contribution in [3.05, 3.63) is 60.2 Å². The van der Waals surface area contributed by atoms with Gasteiger partial charge in [-0.05, 0) is 86.9 Å². The highest BCUT2D eigenvalue weighted by Gasteiger charge is 2.28. The van der Waals surface area contributed by atoms with Gasteiger partial charge in [0.05, 0.1) is 5.69 Å². The number of hydrogen-bond acceptors (Lipinski definition) is 6. The fourth-order valence-electron chi connectivity index (χ4n) is 5.45. The molecule has 5 rings (SSSR count). The lowest BCUT2D eigenvalue weighted by molar-refractivity contribution is 0.117. The topological polar surface area (TPSA) is 101 Å². The van der Waals surface area contributed by atoms with Gasteiger partial charge in [-0.25, -0.2) is 0 Å². The zero-order valence-electron chi connectivity index (χ0n) is 19.0. The van der Waals surface area contributed by atoms with Gasteiger partial charge in [-0.15, -0.1) is 10.2 Å². The van der Waals surface area contributed by atoms with Gasteiger partial charge in [0.1, 0.15) is 5.75 Å². The van der Waals surface area contributed by atoms with Gasteiger partial charge < -0.3 is 21.5 Å². The normalized spacial score (nSPS) is 22.3. The molecule has 33 heavy (non-hydrogen) atoms. The molecule has 172 valence electrons. The molecular formula is C27H33N5O. The van der Waals surface area contributed by atoms with Crippen LogP contribution in [0.25, 0.3) is 22.4 Å². The molecule has 6 nitrogen and oxygen atoms in total. The summed E-state index contributed by atoms with van der Waals surface area (Å²) < 4.78 is 0. The smallest absolute Gasteiger partial charge is 0.154 e. The molecular weight excluding hydrogens is 410 g/mol. The summed E-state index contributed by atoms with van der Waals surface area (Å²) in [7, 11) is 0. The number of anilines is 1. The Kier molecular flexibility index (Phi) is 6.29. The molecule has 1 saturated heterocycles. The molecule has 0 radical (unpaired) electrons. The van der Waals surface area contributed by atoms with E-state index < -0.39 is 0 Å². The van der Waals surface area contributed by atoms with Crippen LogP contribution in [0.1, 0.15) is 50.0 Å². The average molecular weight is 444 g/mol. The highest BCUT2D eigenvalue weighted by Crippen LogP contribution is 2.35. The van der Waals surface area contributed by atoms with Crippen LogP contribution in [0, 0.1) is 0 Å². The number of aromatic hydroxyl groups is 1. The third kappa shape index (κ3) is 4.72. The van der Waals surface area contributed by atoms with E-state index in [1.807, 2.05) is 18.2 Å². The van der Waals surface area contributed by atoms with E-state index in [9.17, 15) is 5.11 Å². The fourth-order valence-corrected chi connectivity index (χ4v) is 5.45. The number of para-hydroxylation sites is 1. The third-order valence-electron chi connectivity index (χ3n) is 7.48. The average Bonchev–Trinajstić information content (AvgIpc) is 2.86. The van der Waals surface area contributed by atoms with Crippen LogP contribution in [-0.2, 0) is 0 Å². The molecule has 2 fully saturated rings. The molecule has 0 bridgehead atoms. The van der Waals surface area contributed by atoms with Crippen LogP contribution in [0.2, 0.25) is 0 Å². The summed E-state index contributed by atoms with van der Waals surface area (Å²) in [5.41, 5.74) is 16.7. The Morgan fingerprint density at radius 3 is 2.21 bits per heavy atom. The molecule has 0 spiro atoms. The number of hydrogen-bond donors (Lipinski definition) is 3. The first kappa shape index (κ1) is 21.9. The summed E-state index contributed by atoms with van der Waals surface area (Å²) in [5.74, 6) is 1.17. The number of phenolic OH excluding ortho intramolecular Hbond substituents is 1. The number of rotatable bonds is 4. The number of nitrogens with zero attached hydrogens (tertiary/aromatic N) is 3. The first-order chi connectivity index (χ1) is 16.1. The molecule has 0 amide bonds. The molecule has 0 atom stereocenters. The van der Waals surface area contributed by atoms with E-state index in [1.54, 1.807) is 12.1 Å². The minimum absolute atomic E-state index is 0.181. The van der Waals surface area contributed by atoms with Crippen molar-refractivity contribution in [1.82, 2.24) is 15.1 Å². The zero-order valence-corrected chi connectivity index (χ0v) is 19.0. The van der Waals surface area contributed by atoms with Crippen LogP contribution in [0.15, 0.2) is 54.6 Å². The molecule has 6 heteroatoms. The zero-order chi connectivity index (χ0) is 22.8.